The van der Waals surface area contributed by atoms with Crippen molar-refractivity contribution in [3.05, 3.63) is 34.2 Å². The highest BCUT2D eigenvalue weighted by Gasteiger charge is 2.23. The monoisotopic (exact) mass is 358 g/mol. The van der Waals surface area contributed by atoms with E-state index in [2.05, 4.69) is 0 Å². The second kappa shape index (κ2) is 7.35. The Morgan fingerprint density at radius 1 is 0.923 bits per heavy atom. The maximum absolute atomic E-state index is 12.6. The molecule has 2 amide bonds. The fraction of sp³-hybridized carbons (Fsp3) is 0.526. The summed E-state index contributed by atoms with van der Waals surface area (Å²) < 4.78 is 3.20. The lowest BCUT2D eigenvalue weighted by Crippen LogP contribution is -2.50. The lowest BCUT2D eigenvalue weighted by molar-refractivity contribution is -0.139. The number of hydrogen-bond donors (Lipinski definition) is 0. The van der Waals surface area contributed by atoms with E-state index in [1.165, 1.54) is 0 Å². The van der Waals surface area contributed by atoms with Gasteiger partial charge in [0, 0.05) is 46.7 Å². The van der Waals surface area contributed by atoms with Gasteiger partial charge in [-0.3, -0.25) is 18.7 Å². The van der Waals surface area contributed by atoms with E-state index in [4.69, 9.17) is 0 Å². The molecule has 1 aliphatic heterocycles. The van der Waals surface area contributed by atoms with E-state index >= 15 is 0 Å². The van der Waals surface area contributed by atoms with Crippen molar-refractivity contribution in [2.75, 3.05) is 26.2 Å². The van der Waals surface area contributed by atoms with Gasteiger partial charge in [0.25, 0.3) is 0 Å². The highest BCUT2D eigenvalue weighted by molar-refractivity contribution is 5.82. The van der Waals surface area contributed by atoms with Gasteiger partial charge in [0.05, 0.1) is 17.5 Å². The Kier molecular flexibility index (Phi) is 5.15. The van der Waals surface area contributed by atoms with E-state index in [1.54, 1.807) is 23.2 Å². The van der Waals surface area contributed by atoms with Gasteiger partial charge in [0.1, 0.15) is 0 Å². The quantitative estimate of drug-likeness (QED) is 0.815. The van der Waals surface area contributed by atoms with Gasteiger partial charge < -0.3 is 9.80 Å². The molecule has 2 heterocycles. The third kappa shape index (κ3) is 3.38. The topological polar surface area (TPSA) is 67.6 Å². The molecular weight excluding hydrogens is 332 g/mol. The molecule has 0 radical (unpaired) electrons. The zero-order chi connectivity index (χ0) is 18.8. The molecule has 0 saturated carbocycles. The number of benzene rings is 1. The van der Waals surface area contributed by atoms with E-state index in [1.807, 2.05) is 34.9 Å². The summed E-state index contributed by atoms with van der Waals surface area (Å²) in [6.07, 6.45) is 1.73. The summed E-state index contributed by atoms with van der Waals surface area (Å²) in [4.78, 5) is 40.2. The Morgan fingerprint density at radius 3 is 2.12 bits per heavy atom. The molecule has 140 valence electrons. The zero-order valence-electron chi connectivity index (χ0n) is 15.7. The van der Waals surface area contributed by atoms with Crippen LogP contribution in [-0.4, -0.2) is 56.9 Å². The molecule has 26 heavy (non-hydrogen) atoms. The summed E-state index contributed by atoms with van der Waals surface area (Å²) in [6.45, 7) is 4.38. The number of nitrogens with zero attached hydrogens (tertiary/aromatic N) is 4. The second-order valence-corrected chi connectivity index (χ2v) is 6.91. The molecule has 0 aliphatic carbocycles. The summed E-state index contributed by atoms with van der Waals surface area (Å²) in [5.41, 5.74) is 2.51. The minimum absolute atomic E-state index is 0.0628. The Balaban J connectivity index is 1.66. The van der Waals surface area contributed by atoms with Crippen molar-refractivity contribution in [1.82, 2.24) is 18.9 Å². The Labute approximate surface area is 152 Å². The number of aryl methyl sites for hydroxylation is 2. The van der Waals surface area contributed by atoms with Crippen LogP contribution in [0, 0.1) is 0 Å². The molecule has 1 aromatic heterocycles. The van der Waals surface area contributed by atoms with Gasteiger partial charge in [-0.1, -0.05) is 13.0 Å². The molecular formula is C19H26N4O3. The van der Waals surface area contributed by atoms with E-state index in [0.717, 1.165) is 23.0 Å². The van der Waals surface area contributed by atoms with Crippen LogP contribution in [0.3, 0.4) is 0 Å². The summed E-state index contributed by atoms with van der Waals surface area (Å²) in [6, 6.07) is 5.71. The molecule has 0 atom stereocenters. The SMILES string of the molecule is CCCC(=O)N1CCN(C(=O)Cc2ccc3c(c2)n(C)c(=O)n3C)CC1. The number of hydrogen-bond acceptors (Lipinski definition) is 3. The van der Waals surface area contributed by atoms with E-state index in [9.17, 15) is 14.4 Å². The van der Waals surface area contributed by atoms with Crippen LogP contribution in [-0.2, 0) is 30.1 Å². The number of piperazine rings is 1. The van der Waals surface area contributed by atoms with Crippen LogP contribution in [0.25, 0.3) is 11.0 Å². The lowest BCUT2D eigenvalue weighted by atomic mass is 10.1. The van der Waals surface area contributed by atoms with Gasteiger partial charge in [0.2, 0.25) is 11.8 Å². The molecule has 0 N–H and O–H groups in total. The van der Waals surface area contributed by atoms with Crippen molar-refractivity contribution in [1.29, 1.82) is 0 Å². The fourth-order valence-corrected chi connectivity index (χ4v) is 3.53. The van der Waals surface area contributed by atoms with Gasteiger partial charge >= 0.3 is 5.69 Å². The second-order valence-electron chi connectivity index (χ2n) is 6.91. The number of carbonyl (C=O) groups excluding carboxylic acids is 2. The predicted octanol–water partition coefficient (Wildman–Crippen LogP) is 0.890. The number of fused-ring (bicyclic) bond motifs is 1. The molecule has 3 rings (SSSR count). The van der Waals surface area contributed by atoms with Crippen LogP contribution in [0.15, 0.2) is 23.0 Å². The highest BCUT2D eigenvalue weighted by Crippen LogP contribution is 2.16. The number of rotatable bonds is 4. The number of imidazole rings is 1. The minimum Gasteiger partial charge on any atom is -0.339 e. The summed E-state index contributed by atoms with van der Waals surface area (Å²) in [5, 5.41) is 0. The minimum atomic E-state index is -0.0728. The van der Waals surface area contributed by atoms with Gasteiger partial charge in [-0.25, -0.2) is 4.79 Å². The van der Waals surface area contributed by atoms with E-state index < -0.39 is 0 Å². The standard InChI is InChI=1S/C19H26N4O3/c1-4-5-17(24)22-8-10-23(11-9-22)18(25)13-14-6-7-15-16(12-14)21(3)19(26)20(15)2/h6-7,12H,4-5,8-11,13H2,1-3H3. The molecule has 2 aromatic rings. The number of aromatic nitrogens is 2. The first kappa shape index (κ1) is 18.2. The third-order valence-corrected chi connectivity index (χ3v) is 5.14. The summed E-state index contributed by atoms with van der Waals surface area (Å²) in [7, 11) is 3.48. The molecule has 1 fully saturated rings. The van der Waals surface area contributed by atoms with Crippen molar-refractivity contribution in [2.24, 2.45) is 14.1 Å². The van der Waals surface area contributed by atoms with Crippen LogP contribution in [0.2, 0.25) is 0 Å². The van der Waals surface area contributed by atoms with E-state index in [-0.39, 0.29) is 17.5 Å². The lowest BCUT2D eigenvalue weighted by Gasteiger charge is -2.35. The summed E-state index contributed by atoms with van der Waals surface area (Å²) in [5.74, 6) is 0.239. The molecule has 0 unspecified atom stereocenters. The first-order chi connectivity index (χ1) is 12.4. The zero-order valence-corrected chi connectivity index (χ0v) is 15.7. The first-order valence-corrected chi connectivity index (χ1v) is 9.12. The Hall–Kier alpha value is -2.57. The van der Waals surface area contributed by atoms with Gasteiger partial charge in [-0.05, 0) is 24.1 Å². The van der Waals surface area contributed by atoms with Crippen molar-refractivity contribution >= 4 is 22.8 Å². The first-order valence-electron chi connectivity index (χ1n) is 9.12. The molecule has 1 aromatic carbocycles. The molecule has 0 bridgehead atoms. The van der Waals surface area contributed by atoms with E-state index in [0.29, 0.717) is 39.0 Å². The van der Waals surface area contributed by atoms with Gasteiger partial charge in [-0.15, -0.1) is 0 Å². The molecule has 1 saturated heterocycles. The van der Waals surface area contributed by atoms with Gasteiger partial charge in [-0.2, -0.15) is 0 Å². The van der Waals surface area contributed by atoms with Crippen LogP contribution in [0.5, 0.6) is 0 Å². The Bertz CT molecular complexity index is 888. The van der Waals surface area contributed by atoms with Crippen LogP contribution in [0.1, 0.15) is 25.3 Å². The van der Waals surface area contributed by atoms with Crippen molar-refractivity contribution in [3.8, 4) is 0 Å². The molecule has 0 spiro atoms. The summed E-state index contributed by atoms with van der Waals surface area (Å²) >= 11 is 0. The third-order valence-electron chi connectivity index (χ3n) is 5.14. The average Bonchev–Trinajstić information content (AvgIpc) is 2.86. The fourth-order valence-electron chi connectivity index (χ4n) is 3.53. The average molecular weight is 358 g/mol. The maximum Gasteiger partial charge on any atom is 0.328 e. The van der Waals surface area contributed by atoms with Gasteiger partial charge in [0.15, 0.2) is 0 Å². The number of carbonyl (C=O) groups is 2. The number of amides is 2. The van der Waals surface area contributed by atoms with Crippen LogP contribution >= 0.6 is 0 Å². The molecule has 7 nitrogen and oxygen atoms in total. The van der Waals surface area contributed by atoms with Crippen LogP contribution in [0.4, 0.5) is 0 Å². The molecule has 7 heteroatoms. The van der Waals surface area contributed by atoms with Crippen molar-refractivity contribution in [3.63, 3.8) is 0 Å². The predicted molar refractivity (Wildman–Crippen MR) is 99.9 cm³/mol. The maximum atomic E-state index is 12.6. The van der Waals surface area contributed by atoms with Crippen molar-refractivity contribution < 1.29 is 9.59 Å². The Morgan fingerprint density at radius 2 is 1.50 bits per heavy atom. The molecule has 1 aliphatic rings. The van der Waals surface area contributed by atoms with Crippen LogP contribution < -0.4 is 5.69 Å². The normalized spacial score (nSPS) is 14.9. The smallest absolute Gasteiger partial charge is 0.328 e. The highest BCUT2D eigenvalue weighted by atomic mass is 16.2. The largest absolute Gasteiger partial charge is 0.339 e. The van der Waals surface area contributed by atoms with Crippen molar-refractivity contribution in [2.45, 2.75) is 26.2 Å².